The van der Waals surface area contributed by atoms with Crippen LogP contribution in [-0.4, -0.2) is 24.1 Å². The Morgan fingerprint density at radius 1 is 0.451 bits per heavy atom. The highest BCUT2D eigenvalue weighted by atomic mass is 16.3. The molecule has 6 nitrogen and oxygen atoms in total. The summed E-state index contributed by atoms with van der Waals surface area (Å²) in [6.45, 7) is 0. The van der Waals surface area contributed by atoms with E-state index in [9.17, 15) is 0 Å². The largest absolute Gasteiger partial charge is 0.456 e. The van der Waals surface area contributed by atoms with E-state index < -0.39 is 6.04 Å². The van der Waals surface area contributed by atoms with Crippen LogP contribution in [0.2, 0.25) is 0 Å². The summed E-state index contributed by atoms with van der Waals surface area (Å²) < 4.78 is 52.7. The molecule has 238 valence electrons. The van der Waals surface area contributed by atoms with E-state index in [-0.39, 0.29) is 29.7 Å². The quantitative estimate of drug-likeness (QED) is 0.189. The van der Waals surface area contributed by atoms with Gasteiger partial charge in [0, 0.05) is 37.9 Å². The number of hydrogen-bond acceptors (Lipinski definition) is 4. The maximum atomic E-state index is 8.69. The molecule has 11 rings (SSSR count). The van der Waals surface area contributed by atoms with Gasteiger partial charge in [-0.2, -0.15) is 15.0 Å². The number of fused-ring (bicyclic) bond motifs is 9. The molecule has 0 aliphatic carbocycles. The monoisotopic (exact) mass is 658 g/mol. The van der Waals surface area contributed by atoms with Crippen LogP contribution < -0.4 is 0 Å². The standard InChI is InChI=1S/C45H27N5O/c1-2-13-28(14-3-1)30-19-12-24-40-42(30)35-26-25-29(27-41(35)51-40)43-46-44(49-36-20-8-4-15-31(36)32-16-5-9-21-37(32)49)48-45(47-43)50-38-22-10-6-17-33(38)34-18-7-11-23-39(34)50/h1-27H/i1D,2D,3D,13D,14D. The van der Waals surface area contributed by atoms with Gasteiger partial charge in [0.25, 0.3) is 0 Å². The van der Waals surface area contributed by atoms with Gasteiger partial charge in [-0.3, -0.25) is 9.13 Å². The molecule has 0 amide bonds. The smallest absolute Gasteiger partial charge is 0.240 e. The van der Waals surface area contributed by atoms with Crippen LogP contribution in [0.5, 0.6) is 0 Å². The number of hydrogen-bond donors (Lipinski definition) is 0. The van der Waals surface area contributed by atoms with Gasteiger partial charge in [-0.05, 0) is 53.6 Å². The highest BCUT2D eigenvalue weighted by molar-refractivity contribution is 6.13. The summed E-state index contributed by atoms with van der Waals surface area (Å²) in [7, 11) is 0. The summed E-state index contributed by atoms with van der Waals surface area (Å²) in [6, 6.07) is 42.3. The third-order valence-electron chi connectivity index (χ3n) is 9.70. The molecular weight excluding hydrogens is 627 g/mol. The Morgan fingerprint density at radius 2 is 0.980 bits per heavy atom. The zero-order valence-corrected chi connectivity index (χ0v) is 26.8. The molecule has 6 heteroatoms. The van der Waals surface area contributed by atoms with Crippen LogP contribution in [0.25, 0.3) is 100.0 Å². The normalized spacial score (nSPS) is 13.3. The van der Waals surface area contributed by atoms with Crippen LogP contribution in [0, 0.1) is 0 Å². The lowest BCUT2D eigenvalue weighted by Gasteiger charge is -2.12. The minimum atomic E-state index is -0.435. The Morgan fingerprint density at radius 3 is 1.53 bits per heavy atom. The maximum absolute atomic E-state index is 8.69. The second kappa shape index (κ2) is 10.7. The Bertz CT molecular complexity index is 3190. The fraction of sp³-hybridized carbons (Fsp3) is 0. The van der Waals surface area contributed by atoms with Gasteiger partial charge >= 0.3 is 0 Å². The molecule has 0 spiro atoms. The molecule has 0 saturated carbocycles. The Kier molecular flexibility index (Phi) is 4.91. The summed E-state index contributed by atoms with van der Waals surface area (Å²) in [4.78, 5) is 15.6. The van der Waals surface area contributed by atoms with Crippen LogP contribution in [0.1, 0.15) is 6.85 Å². The topological polar surface area (TPSA) is 61.7 Å². The number of furan rings is 1. The van der Waals surface area contributed by atoms with Gasteiger partial charge in [0.2, 0.25) is 11.9 Å². The Balaban J connectivity index is 1.18. The third-order valence-corrected chi connectivity index (χ3v) is 9.70. The highest BCUT2D eigenvalue weighted by Gasteiger charge is 2.21. The Labute approximate surface area is 298 Å². The number of rotatable bonds is 4. The molecule has 0 aliphatic heterocycles. The zero-order chi connectivity index (χ0) is 37.8. The predicted molar refractivity (Wildman–Crippen MR) is 207 cm³/mol. The van der Waals surface area contributed by atoms with Gasteiger partial charge in [0.15, 0.2) is 5.82 Å². The molecule has 0 N–H and O–H groups in total. The summed E-state index contributed by atoms with van der Waals surface area (Å²) >= 11 is 0. The second-order valence-corrected chi connectivity index (χ2v) is 12.5. The van der Waals surface area contributed by atoms with E-state index in [0.29, 0.717) is 45.4 Å². The van der Waals surface area contributed by atoms with Crippen molar-refractivity contribution in [3.05, 3.63) is 164 Å². The van der Waals surface area contributed by atoms with Gasteiger partial charge in [-0.15, -0.1) is 0 Å². The van der Waals surface area contributed by atoms with E-state index >= 15 is 0 Å². The number of aromatic nitrogens is 5. The first-order chi connectivity index (χ1) is 27.4. The van der Waals surface area contributed by atoms with Gasteiger partial charge in [-0.25, -0.2) is 0 Å². The molecule has 4 aromatic heterocycles. The van der Waals surface area contributed by atoms with Crippen molar-refractivity contribution < 1.29 is 11.3 Å². The fourth-order valence-electron chi connectivity index (χ4n) is 7.52. The molecule has 7 aromatic carbocycles. The van der Waals surface area contributed by atoms with Crippen molar-refractivity contribution >= 4 is 65.6 Å². The van der Waals surface area contributed by atoms with Crippen molar-refractivity contribution in [3.8, 4) is 34.4 Å². The molecule has 0 radical (unpaired) electrons. The summed E-state index contributed by atoms with van der Waals surface area (Å²) in [5.74, 6) is 1.34. The van der Waals surface area contributed by atoms with Crippen LogP contribution >= 0.6 is 0 Å². The highest BCUT2D eigenvalue weighted by Crippen LogP contribution is 2.39. The third kappa shape index (κ3) is 4.14. The lowest BCUT2D eigenvalue weighted by molar-refractivity contribution is 0.669. The van der Waals surface area contributed by atoms with E-state index in [4.69, 9.17) is 26.2 Å². The molecular formula is C45H27N5O. The number of benzene rings is 7. The van der Waals surface area contributed by atoms with E-state index in [1.165, 1.54) is 0 Å². The Hall–Kier alpha value is -7.05. The first-order valence-corrected chi connectivity index (χ1v) is 16.6. The van der Waals surface area contributed by atoms with Gasteiger partial charge in [0.05, 0.1) is 28.9 Å². The molecule has 0 unspecified atom stereocenters. The fourth-order valence-corrected chi connectivity index (χ4v) is 7.52. The molecule has 0 saturated heterocycles. The van der Waals surface area contributed by atoms with Crippen molar-refractivity contribution in [2.24, 2.45) is 0 Å². The summed E-state index contributed by atoms with van der Waals surface area (Å²) in [6.07, 6.45) is 0. The SMILES string of the molecule is [2H]c1c([2H])c([2H])c(-c2cccc3oc4cc(-c5nc(-n6c7ccccc7c7ccccc76)nc(-n6c7ccccc7c7ccccc76)n5)ccc4c23)c([2H])c1[2H]. The zero-order valence-electron chi connectivity index (χ0n) is 31.8. The first kappa shape index (κ1) is 23.3. The minimum Gasteiger partial charge on any atom is -0.456 e. The van der Waals surface area contributed by atoms with Gasteiger partial charge in [-0.1, -0.05) is 121 Å². The second-order valence-electron chi connectivity index (χ2n) is 12.5. The predicted octanol–water partition coefficient (Wildman–Crippen LogP) is 11.3. The lowest BCUT2D eigenvalue weighted by atomic mass is 9.99. The van der Waals surface area contributed by atoms with Crippen molar-refractivity contribution in [1.29, 1.82) is 0 Å². The van der Waals surface area contributed by atoms with Crippen molar-refractivity contribution in [2.75, 3.05) is 0 Å². The van der Waals surface area contributed by atoms with Crippen LogP contribution in [-0.2, 0) is 0 Å². The molecule has 11 aromatic rings. The van der Waals surface area contributed by atoms with Gasteiger partial charge in [0.1, 0.15) is 11.2 Å². The number of nitrogens with zero attached hydrogens (tertiary/aromatic N) is 5. The molecule has 0 bridgehead atoms. The van der Waals surface area contributed by atoms with Crippen molar-refractivity contribution in [1.82, 2.24) is 24.1 Å². The van der Waals surface area contributed by atoms with E-state index in [1.54, 1.807) is 12.1 Å². The van der Waals surface area contributed by atoms with E-state index in [1.807, 2.05) is 72.8 Å². The summed E-state index contributed by atoms with van der Waals surface area (Å²) in [5.41, 5.74) is 6.22. The summed E-state index contributed by atoms with van der Waals surface area (Å²) in [5, 5.41) is 5.72. The molecule has 0 fully saturated rings. The van der Waals surface area contributed by atoms with Crippen LogP contribution in [0.3, 0.4) is 0 Å². The van der Waals surface area contributed by atoms with E-state index in [2.05, 4.69) is 57.7 Å². The lowest BCUT2D eigenvalue weighted by Crippen LogP contribution is -2.10. The van der Waals surface area contributed by atoms with Gasteiger partial charge < -0.3 is 4.42 Å². The first-order valence-electron chi connectivity index (χ1n) is 19.1. The van der Waals surface area contributed by atoms with Crippen molar-refractivity contribution in [3.63, 3.8) is 0 Å². The minimum absolute atomic E-state index is 0.123. The molecule has 0 atom stereocenters. The average Bonchev–Trinajstić information content (AvgIpc) is 3.90. The molecule has 0 aliphatic rings. The average molecular weight is 659 g/mol. The van der Waals surface area contributed by atoms with Crippen LogP contribution in [0.15, 0.2) is 168 Å². The van der Waals surface area contributed by atoms with Crippen molar-refractivity contribution in [2.45, 2.75) is 0 Å². The maximum Gasteiger partial charge on any atom is 0.240 e. The van der Waals surface area contributed by atoms with E-state index in [0.717, 1.165) is 49.0 Å². The molecule has 51 heavy (non-hydrogen) atoms. The van der Waals surface area contributed by atoms with Crippen LogP contribution in [0.4, 0.5) is 0 Å². The molecule has 4 heterocycles. The number of para-hydroxylation sites is 4.